The highest BCUT2D eigenvalue weighted by Crippen LogP contribution is 2.41. The Balaban J connectivity index is 1.53. The van der Waals surface area contributed by atoms with Gasteiger partial charge in [-0.1, -0.05) is 109 Å². The summed E-state index contributed by atoms with van der Waals surface area (Å²) in [4.78, 5) is 14.8. The Labute approximate surface area is 208 Å². The summed E-state index contributed by atoms with van der Waals surface area (Å²) in [6.45, 7) is 0. The molecule has 0 spiro atoms. The zero-order chi connectivity index (χ0) is 23.9. The van der Waals surface area contributed by atoms with Crippen molar-refractivity contribution >= 4 is 21.9 Å². The topological polar surface area (TPSA) is 51.8 Å². The Morgan fingerprint density at radius 3 is 1.78 bits per heavy atom. The molecule has 0 unspecified atom stereocenters. The van der Waals surface area contributed by atoms with Crippen LogP contribution in [-0.2, 0) is 0 Å². The monoisotopic (exact) mass is 463 g/mol. The number of furan rings is 1. The van der Waals surface area contributed by atoms with Gasteiger partial charge in [0.15, 0.2) is 11.6 Å². The van der Waals surface area contributed by atoms with Crippen molar-refractivity contribution in [1.29, 1.82) is 0 Å². The molecule has 0 fully saturated rings. The lowest BCUT2D eigenvalue weighted by Gasteiger charge is -2.11. The molecule has 1 aliphatic carbocycles. The van der Waals surface area contributed by atoms with Crippen LogP contribution in [0.3, 0.4) is 0 Å². The van der Waals surface area contributed by atoms with Crippen molar-refractivity contribution in [1.82, 2.24) is 15.0 Å². The van der Waals surface area contributed by atoms with Crippen LogP contribution < -0.4 is 0 Å². The van der Waals surface area contributed by atoms with Gasteiger partial charge in [-0.15, -0.1) is 0 Å². The molecule has 0 radical (unpaired) electrons. The van der Waals surface area contributed by atoms with E-state index >= 15 is 0 Å². The van der Waals surface area contributed by atoms with Crippen molar-refractivity contribution < 1.29 is 4.42 Å². The van der Waals surface area contributed by atoms with Gasteiger partial charge in [0.25, 0.3) is 0 Å². The quantitative estimate of drug-likeness (QED) is 0.266. The van der Waals surface area contributed by atoms with E-state index in [4.69, 9.17) is 19.4 Å². The van der Waals surface area contributed by atoms with Gasteiger partial charge in [0.2, 0.25) is 0 Å². The second kappa shape index (κ2) is 8.43. The molecule has 7 rings (SSSR count). The van der Waals surface area contributed by atoms with Gasteiger partial charge < -0.3 is 4.42 Å². The molecule has 36 heavy (non-hydrogen) atoms. The van der Waals surface area contributed by atoms with Crippen LogP contribution in [-0.4, -0.2) is 15.0 Å². The van der Waals surface area contributed by atoms with E-state index < -0.39 is 0 Å². The van der Waals surface area contributed by atoms with E-state index in [-0.39, 0.29) is 5.92 Å². The van der Waals surface area contributed by atoms with Gasteiger partial charge in [-0.3, -0.25) is 0 Å². The highest BCUT2D eigenvalue weighted by molar-refractivity contribution is 6.17. The molecular formula is C32H21N3O. The highest BCUT2D eigenvalue weighted by atomic mass is 16.3. The van der Waals surface area contributed by atoms with Gasteiger partial charge in [-0.2, -0.15) is 0 Å². The fourth-order valence-corrected chi connectivity index (χ4v) is 4.89. The number of benzene rings is 4. The molecule has 6 aromatic rings. The first-order chi connectivity index (χ1) is 17.8. The Hall–Kier alpha value is -4.83. The van der Waals surface area contributed by atoms with Crippen molar-refractivity contribution in [2.24, 2.45) is 0 Å². The summed E-state index contributed by atoms with van der Waals surface area (Å²) in [7, 11) is 0. The maximum atomic E-state index is 6.33. The fourth-order valence-electron chi connectivity index (χ4n) is 4.89. The number of fused-ring (bicyclic) bond motifs is 3. The van der Waals surface area contributed by atoms with Crippen LogP contribution in [0, 0.1) is 0 Å². The Kier molecular flexibility index (Phi) is 4.81. The van der Waals surface area contributed by atoms with E-state index in [1.807, 2.05) is 72.8 Å². The fraction of sp³-hybridized carbons (Fsp3) is 0.0312. The van der Waals surface area contributed by atoms with Crippen molar-refractivity contribution in [2.75, 3.05) is 0 Å². The maximum absolute atomic E-state index is 6.33. The highest BCUT2D eigenvalue weighted by Gasteiger charge is 2.21. The number of rotatable bonds is 4. The van der Waals surface area contributed by atoms with Gasteiger partial charge in [0, 0.05) is 21.9 Å². The molecule has 0 saturated heterocycles. The molecule has 0 aliphatic heterocycles. The number of hydrogen-bond donors (Lipinski definition) is 0. The van der Waals surface area contributed by atoms with Gasteiger partial charge in [-0.25, -0.2) is 15.0 Å². The molecule has 1 aliphatic rings. The third kappa shape index (κ3) is 3.43. The minimum atomic E-state index is 0.0226. The third-order valence-electron chi connectivity index (χ3n) is 6.58. The summed E-state index contributed by atoms with van der Waals surface area (Å²) in [6, 6.07) is 32.8. The molecular weight excluding hydrogens is 442 g/mol. The molecule has 2 aromatic heterocycles. The van der Waals surface area contributed by atoms with Crippen LogP contribution in [0.4, 0.5) is 0 Å². The second-order valence-corrected chi connectivity index (χ2v) is 8.83. The zero-order valence-corrected chi connectivity index (χ0v) is 19.4. The molecule has 170 valence electrons. The Bertz CT molecular complexity index is 1770. The average Bonchev–Trinajstić information content (AvgIpc) is 3.62. The van der Waals surface area contributed by atoms with Crippen LogP contribution in [0.15, 0.2) is 126 Å². The van der Waals surface area contributed by atoms with Gasteiger partial charge in [-0.05, 0) is 23.3 Å². The average molecular weight is 464 g/mol. The summed E-state index contributed by atoms with van der Waals surface area (Å²) in [5, 5.41) is 2.08. The predicted octanol–water partition coefficient (Wildman–Crippen LogP) is 7.98. The van der Waals surface area contributed by atoms with E-state index in [0.717, 1.165) is 50.0 Å². The van der Waals surface area contributed by atoms with Gasteiger partial charge in [0.05, 0.1) is 5.92 Å². The summed E-state index contributed by atoms with van der Waals surface area (Å²) >= 11 is 0. The number of aromatic nitrogens is 3. The molecule has 0 atom stereocenters. The zero-order valence-electron chi connectivity index (χ0n) is 19.4. The van der Waals surface area contributed by atoms with Crippen LogP contribution in [0.25, 0.3) is 55.8 Å². The third-order valence-corrected chi connectivity index (χ3v) is 6.58. The maximum Gasteiger partial charge on any atom is 0.164 e. The number of allylic oxidation sites excluding steroid dienone is 4. The van der Waals surface area contributed by atoms with E-state index in [9.17, 15) is 0 Å². The smallest absolute Gasteiger partial charge is 0.164 e. The molecule has 0 N–H and O–H groups in total. The first-order valence-corrected chi connectivity index (χ1v) is 12.0. The molecule has 0 bridgehead atoms. The van der Waals surface area contributed by atoms with Gasteiger partial charge in [0.1, 0.15) is 17.0 Å². The Morgan fingerprint density at radius 2 is 1.08 bits per heavy atom. The van der Waals surface area contributed by atoms with E-state index in [2.05, 4.69) is 48.6 Å². The first-order valence-electron chi connectivity index (χ1n) is 12.0. The standard InChI is InChI=1S/C32H21N3O/c1-3-11-21(12-4-1)24-17-9-19-26-28(24)29-25(18-10-20-27(29)36-26)32-34-30(22-13-5-2-6-14-22)33-31(35-32)23-15-7-8-16-23/h1-20,23H. The lowest BCUT2D eigenvalue weighted by molar-refractivity contribution is 0.669. The van der Waals surface area contributed by atoms with Crippen molar-refractivity contribution in [3.63, 3.8) is 0 Å². The number of hydrogen-bond acceptors (Lipinski definition) is 4. The summed E-state index contributed by atoms with van der Waals surface area (Å²) < 4.78 is 6.33. The summed E-state index contributed by atoms with van der Waals surface area (Å²) in [6.07, 6.45) is 8.28. The summed E-state index contributed by atoms with van der Waals surface area (Å²) in [5.74, 6) is 2.06. The van der Waals surface area contributed by atoms with Crippen LogP contribution >= 0.6 is 0 Å². The minimum absolute atomic E-state index is 0.0226. The second-order valence-electron chi connectivity index (χ2n) is 8.83. The molecule has 4 aromatic carbocycles. The van der Waals surface area contributed by atoms with E-state index in [1.165, 1.54) is 0 Å². The lowest BCUT2D eigenvalue weighted by Crippen LogP contribution is -2.05. The van der Waals surface area contributed by atoms with Gasteiger partial charge >= 0.3 is 0 Å². The van der Waals surface area contributed by atoms with E-state index in [0.29, 0.717) is 11.6 Å². The largest absolute Gasteiger partial charge is 0.456 e. The molecule has 2 heterocycles. The first kappa shape index (κ1) is 20.5. The van der Waals surface area contributed by atoms with Crippen LogP contribution in [0.5, 0.6) is 0 Å². The van der Waals surface area contributed by atoms with Crippen molar-refractivity contribution in [2.45, 2.75) is 5.92 Å². The normalized spacial score (nSPS) is 13.2. The molecule has 4 nitrogen and oxygen atoms in total. The minimum Gasteiger partial charge on any atom is -0.456 e. The molecule has 4 heteroatoms. The van der Waals surface area contributed by atoms with Crippen molar-refractivity contribution in [3.8, 4) is 33.9 Å². The Morgan fingerprint density at radius 1 is 0.500 bits per heavy atom. The molecule has 0 amide bonds. The molecule has 0 saturated carbocycles. The number of nitrogens with zero attached hydrogens (tertiary/aromatic N) is 3. The van der Waals surface area contributed by atoms with E-state index in [1.54, 1.807) is 0 Å². The van der Waals surface area contributed by atoms with Crippen molar-refractivity contribution in [3.05, 3.63) is 127 Å². The predicted molar refractivity (Wildman–Crippen MR) is 144 cm³/mol. The van der Waals surface area contributed by atoms with Crippen LogP contribution in [0.1, 0.15) is 11.7 Å². The van der Waals surface area contributed by atoms with Crippen LogP contribution in [0.2, 0.25) is 0 Å². The lowest BCUT2D eigenvalue weighted by atomic mass is 9.97. The summed E-state index contributed by atoms with van der Waals surface area (Å²) in [5.41, 5.74) is 5.82. The SMILES string of the molecule is C1=CC(c2nc(-c3ccccc3)nc(-c3cccc4oc5cccc(-c6ccccc6)c5c34)n2)C=C1.